The van der Waals surface area contributed by atoms with E-state index in [1.807, 2.05) is 4.90 Å². The lowest BCUT2D eigenvalue weighted by molar-refractivity contribution is -0.152. The number of carbonyl (C=O) groups is 3. The van der Waals surface area contributed by atoms with Crippen molar-refractivity contribution in [2.45, 2.75) is 57.9 Å². The highest BCUT2D eigenvalue weighted by Gasteiger charge is 2.41. The Morgan fingerprint density at radius 3 is 2.54 bits per heavy atom. The first-order valence-corrected chi connectivity index (χ1v) is 9.35. The average molecular weight is 336 g/mol. The van der Waals surface area contributed by atoms with Crippen molar-refractivity contribution < 1.29 is 19.1 Å². The summed E-state index contributed by atoms with van der Waals surface area (Å²) in [6.45, 7) is 3.85. The van der Waals surface area contributed by atoms with Crippen LogP contribution >= 0.6 is 0 Å². The van der Waals surface area contributed by atoms with E-state index >= 15 is 0 Å². The van der Waals surface area contributed by atoms with Gasteiger partial charge in [0.2, 0.25) is 11.8 Å². The highest BCUT2D eigenvalue weighted by atomic mass is 16.5. The molecule has 0 bridgehead atoms. The molecule has 6 heteroatoms. The van der Waals surface area contributed by atoms with Crippen LogP contribution in [-0.4, -0.2) is 59.9 Å². The van der Waals surface area contributed by atoms with E-state index in [0.717, 1.165) is 25.7 Å². The van der Waals surface area contributed by atoms with Crippen molar-refractivity contribution in [3.63, 3.8) is 0 Å². The lowest BCUT2D eigenvalue weighted by Crippen LogP contribution is -2.46. The number of ether oxygens (including phenoxy) is 1. The first-order valence-electron chi connectivity index (χ1n) is 9.35. The summed E-state index contributed by atoms with van der Waals surface area (Å²) in [6, 6.07) is 0.337. The van der Waals surface area contributed by atoms with E-state index in [2.05, 4.69) is 0 Å². The predicted molar refractivity (Wildman–Crippen MR) is 88.0 cm³/mol. The largest absolute Gasteiger partial charge is 0.466 e. The lowest BCUT2D eigenvalue weighted by atomic mass is 9.96. The summed E-state index contributed by atoms with van der Waals surface area (Å²) in [7, 11) is 0. The zero-order valence-electron chi connectivity index (χ0n) is 14.5. The third kappa shape index (κ3) is 3.57. The van der Waals surface area contributed by atoms with Crippen molar-refractivity contribution in [1.29, 1.82) is 0 Å². The minimum Gasteiger partial charge on any atom is -0.466 e. The minimum atomic E-state index is -0.237. The Kier molecular flexibility index (Phi) is 5.41. The Bertz CT molecular complexity index is 501. The molecule has 3 aliphatic rings. The van der Waals surface area contributed by atoms with Crippen molar-refractivity contribution in [2.24, 2.45) is 11.8 Å². The van der Waals surface area contributed by atoms with Gasteiger partial charge in [0.1, 0.15) is 0 Å². The molecule has 2 atom stereocenters. The molecule has 1 saturated carbocycles. The Morgan fingerprint density at radius 2 is 1.83 bits per heavy atom. The molecule has 0 N–H and O–H groups in total. The summed E-state index contributed by atoms with van der Waals surface area (Å²) in [6.07, 6.45) is 6.43. The number of hydrogen-bond donors (Lipinski definition) is 0. The van der Waals surface area contributed by atoms with Gasteiger partial charge in [0.15, 0.2) is 0 Å². The first-order chi connectivity index (χ1) is 11.6. The number of carbonyl (C=O) groups excluding carboxylic acids is 3. The fourth-order valence-corrected chi connectivity index (χ4v) is 4.35. The van der Waals surface area contributed by atoms with Crippen LogP contribution in [0.4, 0.5) is 0 Å². The normalized spacial score (nSPS) is 28.5. The fourth-order valence-electron chi connectivity index (χ4n) is 4.35. The summed E-state index contributed by atoms with van der Waals surface area (Å²) >= 11 is 0. The molecule has 0 radical (unpaired) electrons. The maximum atomic E-state index is 12.8. The molecule has 2 amide bonds. The van der Waals surface area contributed by atoms with Gasteiger partial charge in [-0.25, -0.2) is 0 Å². The summed E-state index contributed by atoms with van der Waals surface area (Å²) in [4.78, 5) is 40.8. The van der Waals surface area contributed by atoms with Gasteiger partial charge in [0, 0.05) is 32.1 Å². The Balaban J connectivity index is 1.57. The monoisotopic (exact) mass is 336 g/mol. The third-order valence-electron chi connectivity index (χ3n) is 5.63. The summed E-state index contributed by atoms with van der Waals surface area (Å²) in [5.41, 5.74) is 0. The van der Waals surface area contributed by atoms with Gasteiger partial charge < -0.3 is 14.5 Å². The maximum Gasteiger partial charge on any atom is 0.310 e. The Labute approximate surface area is 143 Å². The molecule has 24 heavy (non-hydrogen) atoms. The SMILES string of the molecule is CCOC(=O)[C@H]1CCCN(C(=O)[C@@H]2CC(=O)N(C3CCCC3)C2)C1. The van der Waals surface area contributed by atoms with Gasteiger partial charge >= 0.3 is 5.97 Å². The van der Waals surface area contributed by atoms with Crippen LogP contribution in [0.25, 0.3) is 0 Å². The van der Waals surface area contributed by atoms with Gasteiger partial charge in [-0.1, -0.05) is 12.8 Å². The van der Waals surface area contributed by atoms with Gasteiger partial charge in [-0.05, 0) is 32.6 Å². The number of likely N-dealkylation sites (tertiary alicyclic amines) is 2. The van der Waals surface area contributed by atoms with E-state index < -0.39 is 0 Å². The van der Waals surface area contributed by atoms with Gasteiger partial charge in [-0.3, -0.25) is 14.4 Å². The fraction of sp³-hybridized carbons (Fsp3) is 0.833. The molecule has 1 aliphatic carbocycles. The molecule has 0 unspecified atom stereocenters. The van der Waals surface area contributed by atoms with E-state index in [9.17, 15) is 14.4 Å². The lowest BCUT2D eigenvalue weighted by Gasteiger charge is -2.33. The van der Waals surface area contributed by atoms with E-state index in [1.165, 1.54) is 12.8 Å². The van der Waals surface area contributed by atoms with Crippen molar-refractivity contribution in [3.8, 4) is 0 Å². The number of rotatable bonds is 4. The topological polar surface area (TPSA) is 66.9 Å². The van der Waals surface area contributed by atoms with Crippen LogP contribution in [0, 0.1) is 11.8 Å². The highest BCUT2D eigenvalue weighted by Crippen LogP contribution is 2.31. The van der Waals surface area contributed by atoms with Gasteiger partial charge in [-0.15, -0.1) is 0 Å². The van der Waals surface area contributed by atoms with Crippen LogP contribution in [0.2, 0.25) is 0 Å². The summed E-state index contributed by atoms with van der Waals surface area (Å²) in [5, 5.41) is 0. The van der Waals surface area contributed by atoms with E-state index in [-0.39, 0.29) is 29.6 Å². The molecule has 0 aromatic rings. The maximum absolute atomic E-state index is 12.8. The number of amides is 2. The van der Waals surface area contributed by atoms with Gasteiger partial charge in [-0.2, -0.15) is 0 Å². The average Bonchev–Trinajstić information content (AvgIpc) is 3.24. The number of esters is 1. The van der Waals surface area contributed by atoms with Crippen molar-refractivity contribution in [1.82, 2.24) is 9.80 Å². The van der Waals surface area contributed by atoms with Crippen LogP contribution in [0.3, 0.4) is 0 Å². The molecule has 0 aromatic carbocycles. The standard InChI is InChI=1S/C18H28N2O4/c1-2-24-18(23)13-6-5-9-19(11-13)17(22)14-10-16(21)20(12-14)15-7-3-4-8-15/h13-15H,2-12H2,1H3/t13-,14+/m0/s1. The third-order valence-corrected chi connectivity index (χ3v) is 5.63. The molecule has 3 rings (SSSR count). The van der Waals surface area contributed by atoms with Crippen LogP contribution < -0.4 is 0 Å². The van der Waals surface area contributed by atoms with Crippen molar-refractivity contribution >= 4 is 17.8 Å². The quantitative estimate of drug-likeness (QED) is 0.731. The van der Waals surface area contributed by atoms with E-state index in [0.29, 0.717) is 38.7 Å². The van der Waals surface area contributed by atoms with Crippen LogP contribution in [-0.2, 0) is 19.1 Å². The molecule has 2 saturated heterocycles. The Hall–Kier alpha value is -1.59. The molecule has 2 heterocycles. The summed E-state index contributed by atoms with van der Waals surface area (Å²) < 4.78 is 5.10. The molecular weight excluding hydrogens is 308 g/mol. The number of hydrogen-bond acceptors (Lipinski definition) is 4. The smallest absolute Gasteiger partial charge is 0.310 e. The number of piperidine rings is 1. The number of nitrogens with zero attached hydrogens (tertiary/aromatic N) is 2. The molecule has 134 valence electrons. The van der Waals surface area contributed by atoms with E-state index in [4.69, 9.17) is 4.74 Å². The summed E-state index contributed by atoms with van der Waals surface area (Å²) in [5.74, 6) is -0.494. The highest BCUT2D eigenvalue weighted by molar-refractivity contribution is 5.89. The zero-order chi connectivity index (χ0) is 17.1. The van der Waals surface area contributed by atoms with Crippen LogP contribution in [0.5, 0.6) is 0 Å². The van der Waals surface area contributed by atoms with Crippen LogP contribution in [0.15, 0.2) is 0 Å². The molecule has 2 aliphatic heterocycles. The Morgan fingerprint density at radius 1 is 1.08 bits per heavy atom. The van der Waals surface area contributed by atoms with Crippen LogP contribution in [0.1, 0.15) is 51.9 Å². The van der Waals surface area contributed by atoms with Gasteiger partial charge in [0.05, 0.1) is 18.4 Å². The minimum absolute atomic E-state index is 0.0397. The second-order valence-electron chi connectivity index (χ2n) is 7.26. The van der Waals surface area contributed by atoms with Gasteiger partial charge in [0.25, 0.3) is 0 Å². The second-order valence-corrected chi connectivity index (χ2v) is 7.26. The second kappa shape index (κ2) is 7.53. The molecule has 3 fully saturated rings. The zero-order valence-corrected chi connectivity index (χ0v) is 14.5. The molecular formula is C18H28N2O4. The molecule has 0 spiro atoms. The molecule has 6 nitrogen and oxygen atoms in total. The first kappa shape index (κ1) is 17.2. The van der Waals surface area contributed by atoms with Crippen molar-refractivity contribution in [2.75, 3.05) is 26.2 Å². The van der Waals surface area contributed by atoms with E-state index in [1.54, 1.807) is 11.8 Å². The predicted octanol–water partition coefficient (Wildman–Crippen LogP) is 1.58. The van der Waals surface area contributed by atoms with Crippen molar-refractivity contribution in [3.05, 3.63) is 0 Å². The molecule has 0 aromatic heterocycles.